The van der Waals surface area contributed by atoms with Crippen molar-refractivity contribution in [2.24, 2.45) is 0 Å². The van der Waals surface area contributed by atoms with Gasteiger partial charge in [-0.3, -0.25) is 4.79 Å². The summed E-state index contributed by atoms with van der Waals surface area (Å²) in [7, 11) is 1.60. The number of benzene rings is 1. The fourth-order valence-corrected chi connectivity index (χ4v) is 3.00. The molecular formula is C17H20FN3O2. The number of hydrogen-bond acceptors (Lipinski definition) is 3. The highest BCUT2D eigenvalue weighted by Crippen LogP contribution is 2.27. The number of nitrogens with one attached hydrogen (secondary N) is 1. The van der Waals surface area contributed by atoms with Crippen molar-refractivity contribution in [2.45, 2.75) is 32.2 Å². The maximum atomic E-state index is 13.1. The van der Waals surface area contributed by atoms with Crippen molar-refractivity contribution >= 4 is 5.91 Å². The summed E-state index contributed by atoms with van der Waals surface area (Å²) in [5, 5.41) is 7.39. The zero-order valence-corrected chi connectivity index (χ0v) is 13.3. The lowest BCUT2D eigenvalue weighted by atomic mass is 10.2. The Morgan fingerprint density at radius 3 is 2.83 bits per heavy atom. The molecule has 23 heavy (non-hydrogen) atoms. The number of hydrogen-bond donors (Lipinski definition) is 1. The summed E-state index contributed by atoms with van der Waals surface area (Å²) in [6.07, 6.45) is 2.72. The first kappa shape index (κ1) is 15.7. The van der Waals surface area contributed by atoms with Gasteiger partial charge in [0.2, 0.25) is 0 Å². The smallest absolute Gasteiger partial charge is 0.272 e. The second kappa shape index (κ2) is 6.50. The molecule has 0 radical (unpaired) electrons. The van der Waals surface area contributed by atoms with Gasteiger partial charge in [0.15, 0.2) is 5.69 Å². The Balaban J connectivity index is 1.92. The molecule has 2 aromatic rings. The minimum atomic E-state index is -0.288. The molecule has 0 bridgehead atoms. The van der Waals surface area contributed by atoms with Crippen molar-refractivity contribution in [3.8, 4) is 5.69 Å². The SMILES string of the molecule is COC[C@@H](C)NC(=O)c1nn(-c2ccc(F)cc2)c2c1CCC2. The van der Waals surface area contributed by atoms with Gasteiger partial charge in [-0.1, -0.05) is 0 Å². The van der Waals surface area contributed by atoms with Crippen LogP contribution in [0.3, 0.4) is 0 Å². The molecule has 1 aliphatic rings. The summed E-state index contributed by atoms with van der Waals surface area (Å²) in [5.74, 6) is -0.475. The molecule has 0 saturated carbocycles. The molecule has 1 aromatic heterocycles. The van der Waals surface area contributed by atoms with E-state index in [4.69, 9.17) is 4.74 Å². The van der Waals surface area contributed by atoms with E-state index in [1.165, 1.54) is 12.1 Å². The van der Waals surface area contributed by atoms with Crippen LogP contribution in [0.2, 0.25) is 0 Å². The van der Waals surface area contributed by atoms with E-state index in [1.54, 1.807) is 23.9 Å². The van der Waals surface area contributed by atoms with Crippen LogP contribution in [0.1, 0.15) is 35.1 Å². The van der Waals surface area contributed by atoms with Gasteiger partial charge in [0, 0.05) is 24.4 Å². The molecule has 1 heterocycles. The van der Waals surface area contributed by atoms with Crippen LogP contribution in [0.15, 0.2) is 24.3 Å². The predicted octanol–water partition coefficient (Wildman–Crippen LogP) is 2.26. The van der Waals surface area contributed by atoms with E-state index in [-0.39, 0.29) is 17.8 Å². The van der Waals surface area contributed by atoms with Gasteiger partial charge in [-0.05, 0) is 50.5 Å². The number of rotatable bonds is 5. The summed E-state index contributed by atoms with van der Waals surface area (Å²) in [4.78, 5) is 12.5. The van der Waals surface area contributed by atoms with Gasteiger partial charge in [-0.25, -0.2) is 9.07 Å². The largest absolute Gasteiger partial charge is 0.383 e. The van der Waals surface area contributed by atoms with Gasteiger partial charge < -0.3 is 10.1 Å². The summed E-state index contributed by atoms with van der Waals surface area (Å²) in [6, 6.07) is 6.07. The Bertz CT molecular complexity index is 709. The molecule has 0 fully saturated rings. The van der Waals surface area contributed by atoms with E-state index < -0.39 is 0 Å². The normalized spacial score (nSPS) is 14.6. The van der Waals surface area contributed by atoms with Crippen molar-refractivity contribution in [3.63, 3.8) is 0 Å². The minimum Gasteiger partial charge on any atom is -0.383 e. The number of fused-ring (bicyclic) bond motifs is 1. The van der Waals surface area contributed by atoms with Crippen molar-refractivity contribution in [3.05, 3.63) is 47.0 Å². The molecule has 0 unspecified atom stereocenters. The second-order valence-electron chi connectivity index (χ2n) is 5.85. The number of aromatic nitrogens is 2. The fourth-order valence-electron chi connectivity index (χ4n) is 3.00. The molecule has 6 heteroatoms. The quantitative estimate of drug-likeness (QED) is 0.920. The molecule has 0 spiro atoms. The maximum absolute atomic E-state index is 13.1. The van der Waals surface area contributed by atoms with E-state index in [9.17, 15) is 9.18 Å². The molecule has 0 aliphatic heterocycles. The van der Waals surface area contributed by atoms with Crippen LogP contribution in [0, 0.1) is 5.82 Å². The highest BCUT2D eigenvalue weighted by atomic mass is 19.1. The lowest BCUT2D eigenvalue weighted by molar-refractivity contribution is 0.0899. The third kappa shape index (κ3) is 3.12. The lowest BCUT2D eigenvalue weighted by Crippen LogP contribution is -2.36. The van der Waals surface area contributed by atoms with E-state index in [1.807, 2.05) is 6.92 Å². The van der Waals surface area contributed by atoms with Gasteiger partial charge in [0.1, 0.15) is 5.82 Å². The molecule has 1 aromatic carbocycles. The van der Waals surface area contributed by atoms with Crippen molar-refractivity contribution in [1.29, 1.82) is 0 Å². The van der Waals surface area contributed by atoms with Crippen molar-refractivity contribution < 1.29 is 13.9 Å². The molecule has 122 valence electrons. The Kier molecular flexibility index (Phi) is 4.43. The van der Waals surface area contributed by atoms with E-state index in [0.29, 0.717) is 12.3 Å². The Morgan fingerprint density at radius 1 is 1.39 bits per heavy atom. The third-order valence-corrected chi connectivity index (χ3v) is 4.01. The third-order valence-electron chi connectivity index (χ3n) is 4.01. The van der Waals surface area contributed by atoms with Crippen molar-refractivity contribution in [1.82, 2.24) is 15.1 Å². The monoisotopic (exact) mass is 317 g/mol. The Labute approximate surface area is 134 Å². The molecule has 1 N–H and O–H groups in total. The van der Waals surface area contributed by atoms with E-state index >= 15 is 0 Å². The fraction of sp³-hybridized carbons (Fsp3) is 0.412. The predicted molar refractivity (Wildman–Crippen MR) is 84.4 cm³/mol. The van der Waals surface area contributed by atoms with Gasteiger partial charge in [0.25, 0.3) is 5.91 Å². The molecule has 0 saturated heterocycles. The van der Waals surface area contributed by atoms with Gasteiger partial charge >= 0.3 is 0 Å². The molecular weight excluding hydrogens is 297 g/mol. The number of halogens is 1. The lowest BCUT2D eigenvalue weighted by Gasteiger charge is -2.11. The van der Waals surface area contributed by atoms with E-state index in [0.717, 1.165) is 36.2 Å². The van der Waals surface area contributed by atoms with Crippen LogP contribution < -0.4 is 5.32 Å². The number of amides is 1. The van der Waals surface area contributed by atoms with Crippen LogP contribution in [-0.2, 0) is 17.6 Å². The average molecular weight is 317 g/mol. The molecule has 3 rings (SSSR count). The Hall–Kier alpha value is -2.21. The summed E-state index contributed by atoms with van der Waals surface area (Å²) in [6.45, 7) is 2.34. The van der Waals surface area contributed by atoms with Gasteiger partial charge in [0.05, 0.1) is 12.3 Å². The Morgan fingerprint density at radius 2 is 2.13 bits per heavy atom. The molecule has 5 nitrogen and oxygen atoms in total. The topological polar surface area (TPSA) is 56.1 Å². The summed E-state index contributed by atoms with van der Waals surface area (Å²) >= 11 is 0. The van der Waals surface area contributed by atoms with Crippen LogP contribution in [-0.4, -0.2) is 35.4 Å². The number of nitrogens with zero attached hydrogens (tertiary/aromatic N) is 2. The first-order valence-corrected chi connectivity index (χ1v) is 7.76. The number of methoxy groups -OCH3 is 1. The van der Waals surface area contributed by atoms with Crippen LogP contribution in [0.5, 0.6) is 0 Å². The second-order valence-corrected chi connectivity index (χ2v) is 5.85. The standard InChI is InChI=1S/C17H20FN3O2/c1-11(10-23-2)19-17(22)16-14-4-3-5-15(14)21(20-16)13-8-6-12(18)7-9-13/h6-9,11H,3-5,10H2,1-2H3,(H,19,22)/t11-/m1/s1. The zero-order valence-electron chi connectivity index (χ0n) is 13.3. The highest BCUT2D eigenvalue weighted by molar-refractivity contribution is 5.94. The minimum absolute atomic E-state index is 0.0828. The van der Waals surface area contributed by atoms with E-state index in [2.05, 4.69) is 10.4 Å². The maximum Gasteiger partial charge on any atom is 0.272 e. The average Bonchev–Trinajstić information content (AvgIpc) is 3.10. The molecule has 1 aliphatic carbocycles. The first-order chi connectivity index (χ1) is 11.1. The number of carbonyl (C=O) groups is 1. The first-order valence-electron chi connectivity index (χ1n) is 7.76. The zero-order chi connectivity index (χ0) is 16.4. The summed E-state index contributed by atoms with van der Waals surface area (Å²) in [5.41, 5.74) is 3.27. The molecule has 1 amide bonds. The van der Waals surface area contributed by atoms with Gasteiger partial charge in [-0.2, -0.15) is 5.10 Å². The summed E-state index contributed by atoms with van der Waals surface area (Å²) < 4.78 is 19.9. The highest BCUT2D eigenvalue weighted by Gasteiger charge is 2.27. The number of carbonyl (C=O) groups excluding carboxylic acids is 1. The van der Waals surface area contributed by atoms with Crippen molar-refractivity contribution in [2.75, 3.05) is 13.7 Å². The molecule has 1 atom stereocenters. The number of ether oxygens (including phenoxy) is 1. The van der Waals surface area contributed by atoms with Crippen LogP contribution >= 0.6 is 0 Å². The van der Waals surface area contributed by atoms with Crippen LogP contribution in [0.25, 0.3) is 5.69 Å². The van der Waals surface area contributed by atoms with Crippen LogP contribution in [0.4, 0.5) is 4.39 Å². The van der Waals surface area contributed by atoms with Gasteiger partial charge in [-0.15, -0.1) is 0 Å².